The van der Waals surface area contributed by atoms with Crippen LogP contribution in [0.5, 0.6) is 5.75 Å². The molecule has 0 aromatic heterocycles. The Hall–Kier alpha value is -2.01. The number of rotatable bonds is 5. The summed E-state index contributed by atoms with van der Waals surface area (Å²) < 4.78 is 15.6. The molecule has 2 heterocycles. The second kappa shape index (κ2) is 8.58. The zero-order chi connectivity index (χ0) is 18.5. The average Bonchev–Trinajstić information content (AvgIpc) is 2.70. The third-order valence-corrected chi connectivity index (χ3v) is 5.83. The number of piperidine rings is 2. The van der Waals surface area contributed by atoms with Gasteiger partial charge in [0.2, 0.25) is 0 Å². The molecule has 0 N–H and O–H groups in total. The maximum absolute atomic E-state index is 12.1. The third kappa shape index (κ3) is 3.88. The average molecular weight is 359 g/mol. The summed E-state index contributed by atoms with van der Waals surface area (Å²) in [6.07, 6.45) is 5.80. The number of hydrogen-bond donors (Lipinski definition) is 0. The zero-order valence-electron chi connectivity index (χ0n) is 15.9. The van der Waals surface area contributed by atoms with Crippen molar-refractivity contribution in [1.82, 2.24) is 4.90 Å². The minimum atomic E-state index is -0.270. The Labute approximate surface area is 155 Å². The quantitative estimate of drug-likeness (QED) is 0.458. The second-order valence-electron chi connectivity index (χ2n) is 7.19. The van der Waals surface area contributed by atoms with Crippen LogP contribution in [0.4, 0.5) is 0 Å². The lowest BCUT2D eigenvalue weighted by Gasteiger charge is -2.45. The van der Waals surface area contributed by atoms with Crippen molar-refractivity contribution >= 4 is 5.97 Å². The van der Waals surface area contributed by atoms with E-state index in [0.717, 1.165) is 44.5 Å². The van der Waals surface area contributed by atoms with E-state index < -0.39 is 0 Å². The van der Waals surface area contributed by atoms with Gasteiger partial charge in [0.25, 0.3) is 0 Å². The first-order valence-electron chi connectivity index (χ1n) is 9.36. The second-order valence-corrected chi connectivity index (χ2v) is 7.19. The topological polar surface area (TPSA) is 48.0 Å². The van der Waals surface area contributed by atoms with Crippen LogP contribution >= 0.6 is 0 Å². The minimum absolute atomic E-state index is 0.214. The Bertz CT molecular complexity index is 657. The Kier molecular flexibility index (Phi) is 6.20. The molecular formula is C21H29NO4. The first kappa shape index (κ1) is 18.8. The maximum Gasteiger partial charge on any atom is 0.337 e. The van der Waals surface area contributed by atoms with Crippen LogP contribution in [0, 0.1) is 5.92 Å². The van der Waals surface area contributed by atoms with Gasteiger partial charge in [-0.25, -0.2) is 4.79 Å². The normalized spacial score (nSPS) is 26.7. The molecule has 2 aliphatic heterocycles. The lowest BCUT2D eigenvalue weighted by atomic mass is 9.78. The summed E-state index contributed by atoms with van der Waals surface area (Å²) in [5.41, 5.74) is 1.98. The van der Waals surface area contributed by atoms with Gasteiger partial charge in [0.15, 0.2) is 0 Å². The summed E-state index contributed by atoms with van der Waals surface area (Å²) in [7, 11) is 4.75. The van der Waals surface area contributed by atoms with Crippen molar-refractivity contribution in [1.29, 1.82) is 0 Å². The molecule has 0 radical (unpaired) electrons. The van der Waals surface area contributed by atoms with Gasteiger partial charge in [-0.1, -0.05) is 18.2 Å². The van der Waals surface area contributed by atoms with Crippen LogP contribution in [0.25, 0.3) is 0 Å². The fourth-order valence-electron chi connectivity index (χ4n) is 4.50. The minimum Gasteiger partial charge on any atom is -0.504 e. The van der Waals surface area contributed by atoms with E-state index in [1.54, 1.807) is 20.5 Å². The van der Waals surface area contributed by atoms with Gasteiger partial charge in [-0.3, -0.25) is 4.90 Å². The van der Waals surface area contributed by atoms with Crippen molar-refractivity contribution in [2.24, 2.45) is 5.92 Å². The number of ether oxygens (including phenoxy) is 3. The maximum atomic E-state index is 12.1. The fourth-order valence-corrected chi connectivity index (χ4v) is 4.50. The lowest BCUT2D eigenvalue weighted by Crippen LogP contribution is -2.48. The Morgan fingerprint density at radius 2 is 1.96 bits per heavy atom. The molecule has 1 aromatic carbocycles. The van der Waals surface area contributed by atoms with Gasteiger partial charge in [0.05, 0.1) is 33.2 Å². The number of hydrogen-bond acceptors (Lipinski definition) is 5. The standard InChI is InChI=1S/C21H29NO4/c1-24-14-19(21(23)26-3)15-10-11-22-13-16(8-9-17(22)12-15)18-6-4-5-7-20(18)25-2/h4-7,14-17H,8-13H2,1-3H3/b19-14-. The molecule has 0 aliphatic carbocycles. The van der Waals surface area contributed by atoms with E-state index in [1.165, 1.54) is 12.7 Å². The molecule has 2 saturated heterocycles. The zero-order valence-corrected chi connectivity index (χ0v) is 15.9. The van der Waals surface area contributed by atoms with E-state index in [9.17, 15) is 4.79 Å². The van der Waals surface area contributed by atoms with Gasteiger partial charge in [-0.15, -0.1) is 0 Å². The smallest absolute Gasteiger partial charge is 0.337 e. The Morgan fingerprint density at radius 1 is 1.15 bits per heavy atom. The SMILES string of the molecule is CO/C=C(\C(=O)OC)C1CCN2CC(c3ccccc3OC)CCC2C1. The summed E-state index contributed by atoms with van der Waals surface area (Å²) in [5.74, 6) is 1.44. The summed E-state index contributed by atoms with van der Waals surface area (Å²) in [6, 6.07) is 8.87. The van der Waals surface area contributed by atoms with Gasteiger partial charge in [0.1, 0.15) is 5.75 Å². The molecule has 26 heavy (non-hydrogen) atoms. The molecule has 142 valence electrons. The molecule has 2 fully saturated rings. The summed E-state index contributed by atoms with van der Waals surface area (Å²) in [4.78, 5) is 14.7. The highest BCUT2D eigenvalue weighted by atomic mass is 16.5. The van der Waals surface area contributed by atoms with Crippen molar-refractivity contribution < 1.29 is 19.0 Å². The molecule has 0 spiro atoms. The molecule has 3 unspecified atom stereocenters. The van der Waals surface area contributed by atoms with Gasteiger partial charge >= 0.3 is 5.97 Å². The summed E-state index contributed by atoms with van der Waals surface area (Å²) in [5, 5.41) is 0. The summed E-state index contributed by atoms with van der Waals surface area (Å²) >= 11 is 0. The number of para-hydroxylation sites is 1. The number of carbonyl (C=O) groups excluding carboxylic acids is 1. The van der Waals surface area contributed by atoms with E-state index in [4.69, 9.17) is 14.2 Å². The van der Waals surface area contributed by atoms with Crippen LogP contribution < -0.4 is 4.74 Å². The van der Waals surface area contributed by atoms with E-state index in [2.05, 4.69) is 17.0 Å². The highest BCUT2D eigenvalue weighted by Crippen LogP contribution is 2.40. The molecule has 0 bridgehead atoms. The van der Waals surface area contributed by atoms with Crippen LogP contribution in [-0.2, 0) is 14.3 Å². The van der Waals surface area contributed by atoms with E-state index in [0.29, 0.717) is 17.5 Å². The molecule has 2 aliphatic rings. The molecule has 3 atom stereocenters. The van der Waals surface area contributed by atoms with Gasteiger partial charge in [0, 0.05) is 18.5 Å². The molecule has 3 rings (SSSR count). The number of nitrogens with zero attached hydrogens (tertiary/aromatic N) is 1. The van der Waals surface area contributed by atoms with E-state index in [-0.39, 0.29) is 11.9 Å². The summed E-state index contributed by atoms with van der Waals surface area (Å²) in [6.45, 7) is 2.05. The molecule has 0 amide bonds. The van der Waals surface area contributed by atoms with Crippen LogP contribution in [0.2, 0.25) is 0 Å². The number of benzene rings is 1. The largest absolute Gasteiger partial charge is 0.504 e. The first-order chi connectivity index (χ1) is 12.7. The van der Waals surface area contributed by atoms with Crippen molar-refractivity contribution in [3.63, 3.8) is 0 Å². The van der Waals surface area contributed by atoms with Crippen LogP contribution in [-0.4, -0.2) is 51.3 Å². The third-order valence-electron chi connectivity index (χ3n) is 5.83. The van der Waals surface area contributed by atoms with Crippen LogP contribution in [0.3, 0.4) is 0 Å². The Morgan fingerprint density at radius 3 is 2.69 bits per heavy atom. The first-order valence-corrected chi connectivity index (χ1v) is 9.36. The number of carbonyl (C=O) groups is 1. The van der Waals surface area contributed by atoms with Gasteiger partial charge in [-0.05, 0) is 49.8 Å². The molecule has 1 aromatic rings. The highest BCUT2D eigenvalue weighted by molar-refractivity contribution is 5.88. The fraction of sp³-hybridized carbons (Fsp3) is 0.571. The van der Waals surface area contributed by atoms with Crippen LogP contribution in [0.1, 0.15) is 37.2 Å². The van der Waals surface area contributed by atoms with Crippen LogP contribution in [0.15, 0.2) is 36.1 Å². The van der Waals surface area contributed by atoms with Crippen molar-refractivity contribution in [2.45, 2.75) is 37.6 Å². The monoisotopic (exact) mass is 359 g/mol. The predicted octanol–water partition coefficient (Wildman–Crippen LogP) is 3.36. The molecule has 5 nitrogen and oxygen atoms in total. The van der Waals surface area contributed by atoms with Gasteiger partial charge < -0.3 is 14.2 Å². The van der Waals surface area contributed by atoms with Gasteiger partial charge in [-0.2, -0.15) is 0 Å². The highest BCUT2D eigenvalue weighted by Gasteiger charge is 2.37. The van der Waals surface area contributed by atoms with E-state index >= 15 is 0 Å². The van der Waals surface area contributed by atoms with Crippen molar-refractivity contribution in [3.05, 3.63) is 41.7 Å². The molecular weight excluding hydrogens is 330 g/mol. The van der Waals surface area contributed by atoms with E-state index in [1.807, 2.05) is 12.1 Å². The van der Waals surface area contributed by atoms with Crippen molar-refractivity contribution in [3.8, 4) is 5.75 Å². The molecule has 0 saturated carbocycles. The number of methoxy groups -OCH3 is 3. The number of fused-ring (bicyclic) bond motifs is 1. The Balaban J connectivity index is 1.68. The lowest BCUT2D eigenvalue weighted by molar-refractivity contribution is -0.137. The molecule has 5 heteroatoms. The number of esters is 1. The van der Waals surface area contributed by atoms with Crippen molar-refractivity contribution in [2.75, 3.05) is 34.4 Å². The predicted molar refractivity (Wildman–Crippen MR) is 100 cm³/mol.